The molecule has 4 aromatic rings. The average Bonchev–Trinajstić information content (AvgIpc) is 3.12. The Hall–Kier alpha value is -2.20. The van der Waals surface area contributed by atoms with Gasteiger partial charge in [0.05, 0.1) is 17.0 Å². The molecular weight excluding hydrogens is 426 g/mol. The van der Waals surface area contributed by atoms with Crippen LogP contribution in [0.15, 0.2) is 69.7 Å². The maximum atomic E-state index is 9.06. The van der Waals surface area contributed by atoms with Gasteiger partial charge >= 0.3 is 0 Å². The molecule has 0 aliphatic rings. The van der Waals surface area contributed by atoms with Gasteiger partial charge < -0.3 is 0 Å². The number of thioether (sulfide) groups is 1. The highest BCUT2D eigenvalue weighted by molar-refractivity contribution is 9.10. The Kier molecular flexibility index (Phi) is 5.02. The summed E-state index contributed by atoms with van der Waals surface area (Å²) in [6, 6.07) is 18.2. The summed E-state index contributed by atoms with van der Waals surface area (Å²) in [5, 5.41) is 13.3. The van der Waals surface area contributed by atoms with Crippen LogP contribution in [0.4, 0.5) is 0 Å². The van der Waals surface area contributed by atoms with Gasteiger partial charge in [-0.1, -0.05) is 40.2 Å². The van der Waals surface area contributed by atoms with Crippen LogP contribution in [0.25, 0.3) is 21.3 Å². The predicted octanol–water partition coefficient (Wildman–Crippen LogP) is 6.28. The molecule has 0 fully saturated rings. The molecule has 3 nitrogen and oxygen atoms in total. The van der Waals surface area contributed by atoms with Gasteiger partial charge in [-0.2, -0.15) is 5.26 Å². The third-order valence-corrected chi connectivity index (χ3v) is 6.40. The molecule has 0 aliphatic carbocycles. The van der Waals surface area contributed by atoms with Crippen molar-refractivity contribution in [1.82, 2.24) is 9.97 Å². The van der Waals surface area contributed by atoms with Gasteiger partial charge in [0, 0.05) is 21.2 Å². The molecule has 0 spiro atoms. The fraction of sp³-hybridized carbons (Fsp3) is 0.0500. The Morgan fingerprint density at radius 2 is 1.96 bits per heavy atom. The maximum Gasteiger partial charge on any atom is 0.128 e. The van der Waals surface area contributed by atoms with Crippen LogP contribution in [0.2, 0.25) is 0 Å². The van der Waals surface area contributed by atoms with Crippen LogP contribution < -0.4 is 0 Å². The zero-order valence-electron chi connectivity index (χ0n) is 13.5. The van der Waals surface area contributed by atoms with Gasteiger partial charge in [0.2, 0.25) is 0 Å². The summed E-state index contributed by atoms with van der Waals surface area (Å²) in [6.07, 6.45) is 1.62. The van der Waals surface area contributed by atoms with Crippen LogP contribution in [-0.4, -0.2) is 9.97 Å². The number of rotatable bonds is 4. The molecule has 0 atom stereocenters. The van der Waals surface area contributed by atoms with Crippen molar-refractivity contribution < 1.29 is 0 Å². The number of nitrogens with zero attached hydrogens (tertiary/aromatic N) is 3. The van der Waals surface area contributed by atoms with Crippen LogP contribution in [0, 0.1) is 11.3 Å². The Labute approximate surface area is 167 Å². The molecular formula is C20H12BrN3S2. The molecule has 0 aliphatic heterocycles. The molecule has 2 heterocycles. The highest BCUT2D eigenvalue weighted by Gasteiger charge is 2.13. The van der Waals surface area contributed by atoms with Crippen molar-refractivity contribution in [3.63, 3.8) is 0 Å². The number of hydrogen-bond acceptors (Lipinski definition) is 5. The number of thiophene rings is 1. The zero-order chi connectivity index (χ0) is 17.9. The standard InChI is InChI=1S/C20H12BrN3S2/c21-16-6-4-15(5-7-16)17-11-26-20-18(17)19(23-12-24-20)25-10-14-3-1-2-13(8-14)9-22/h1-8,11-12H,10H2. The number of hydrogen-bond donors (Lipinski definition) is 0. The summed E-state index contributed by atoms with van der Waals surface area (Å²) in [5.41, 5.74) is 4.11. The van der Waals surface area contributed by atoms with Crippen molar-refractivity contribution in [3.05, 3.63) is 75.8 Å². The second-order valence-electron chi connectivity index (χ2n) is 5.62. The van der Waals surface area contributed by atoms with E-state index < -0.39 is 0 Å². The van der Waals surface area contributed by atoms with Crippen molar-refractivity contribution >= 4 is 49.2 Å². The van der Waals surface area contributed by atoms with Gasteiger partial charge in [-0.25, -0.2) is 9.97 Å². The summed E-state index contributed by atoms with van der Waals surface area (Å²) in [4.78, 5) is 9.95. The lowest BCUT2D eigenvalue weighted by Gasteiger charge is -2.06. The molecule has 4 rings (SSSR count). The predicted molar refractivity (Wildman–Crippen MR) is 111 cm³/mol. The average molecular weight is 438 g/mol. The highest BCUT2D eigenvalue weighted by Crippen LogP contribution is 2.38. The molecule has 26 heavy (non-hydrogen) atoms. The number of fused-ring (bicyclic) bond motifs is 1. The first-order chi connectivity index (χ1) is 12.7. The lowest BCUT2D eigenvalue weighted by Crippen LogP contribution is -1.88. The van der Waals surface area contributed by atoms with E-state index in [-0.39, 0.29) is 0 Å². The summed E-state index contributed by atoms with van der Waals surface area (Å²) in [7, 11) is 0. The first kappa shape index (κ1) is 17.2. The van der Waals surface area contributed by atoms with Gasteiger partial charge in [-0.3, -0.25) is 0 Å². The molecule has 0 saturated carbocycles. The van der Waals surface area contributed by atoms with Crippen molar-refractivity contribution in [1.29, 1.82) is 5.26 Å². The minimum absolute atomic E-state index is 0.682. The van der Waals surface area contributed by atoms with E-state index in [1.807, 2.05) is 36.4 Å². The largest absolute Gasteiger partial charge is 0.229 e. The van der Waals surface area contributed by atoms with Gasteiger partial charge in [-0.05, 0) is 35.4 Å². The normalized spacial score (nSPS) is 10.8. The molecule has 0 radical (unpaired) electrons. The van der Waals surface area contributed by atoms with Crippen molar-refractivity contribution in [2.24, 2.45) is 0 Å². The number of nitriles is 1. The molecule has 0 unspecified atom stereocenters. The summed E-state index contributed by atoms with van der Waals surface area (Å²) in [5.74, 6) is 0.761. The molecule has 2 aromatic heterocycles. The lowest BCUT2D eigenvalue weighted by molar-refractivity contribution is 1.11. The number of halogens is 1. The Morgan fingerprint density at radius 3 is 2.77 bits per heavy atom. The molecule has 0 bridgehead atoms. The SMILES string of the molecule is N#Cc1cccc(CSc2ncnc3scc(-c4ccc(Br)cc4)c23)c1. The Bertz CT molecular complexity index is 1110. The highest BCUT2D eigenvalue weighted by atomic mass is 79.9. The van der Waals surface area contributed by atoms with Crippen LogP contribution in [-0.2, 0) is 5.75 Å². The van der Waals surface area contributed by atoms with E-state index in [0.717, 1.165) is 42.2 Å². The van der Waals surface area contributed by atoms with Crippen LogP contribution in [0.3, 0.4) is 0 Å². The monoisotopic (exact) mass is 437 g/mol. The summed E-state index contributed by atoms with van der Waals surface area (Å²) in [6.45, 7) is 0. The minimum atomic E-state index is 0.682. The molecule has 126 valence electrons. The third-order valence-electron chi connectivity index (χ3n) is 3.92. The van der Waals surface area contributed by atoms with E-state index in [1.165, 1.54) is 0 Å². The van der Waals surface area contributed by atoms with Crippen LogP contribution in [0.1, 0.15) is 11.1 Å². The second-order valence-corrected chi connectivity index (χ2v) is 8.35. The zero-order valence-corrected chi connectivity index (χ0v) is 16.7. The molecule has 2 aromatic carbocycles. The van der Waals surface area contributed by atoms with Gasteiger partial charge in [0.25, 0.3) is 0 Å². The summed E-state index contributed by atoms with van der Waals surface area (Å²) < 4.78 is 1.06. The first-order valence-corrected chi connectivity index (χ1v) is 10.5. The van der Waals surface area contributed by atoms with E-state index in [0.29, 0.717) is 5.56 Å². The third kappa shape index (κ3) is 3.51. The van der Waals surface area contributed by atoms with Gasteiger partial charge in [0.15, 0.2) is 0 Å². The lowest BCUT2D eigenvalue weighted by atomic mass is 10.1. The van der Waals surface area contributed by atoms with E-state index >= 15 is 0 Å². The smallest absolute Gasteiger partial charge is 0.128 e. The Morgan fingerprint density at radius 1 is 1.12 bits per heavy atom. The molecule has 0 amide bonds. The van der Waals surface area contributed by atoms with Crippen molar-refractivity contribution in [3.8, 4) is 17.2 Å². The van der Waals surface area contributed by atoms with Crippen molar-refractivity contribution in [2.45, 2.75) is 10.8 Å². The topological polar surface area (TPSA) is 49.6 Å². The fourth-order valence-electron chi connectivity index (χ4n) is 2.68. The van der Waals surface area contributed by atoms with E-state index in [2.05, 4.69) is 49.5 Å². The molecule has 0 saturated heterocycles. The minimum Gasteiger partial charge on any atom is -0.229 e. The maximum absolute atomic E-state index is 9.06. The van der Waals surface area contributed by atoms with Crippen LogP contribution >= 0.6 is 39.0 Å². The Balaban J connectivity index is 1.70. The number of aromatic nitrogens is 2. The summed E-state index contributed by atoms with van der Waals surface area (Å²) >= 11 is 6.80. The van der Waals surface area contributed by atoms with E-state index in [9.17, 15) is 0 Å². The molecule has 6 heteroatoms. The molecule has 0 N–H and O–H groups in total. The second kappa shape index (κ2) is 7.58. The van der Waals surface area contributed by atoms with Crippen LogP contribution in [0.5, 0.6) is 0 Å². The quantitative estimate of drug-likeness (QED) is 0.278. The van der Waals surface area contributed by atoms with Crippen molar-refractivity contribution in [2.75, 3.05) is 0 Å². The van der Waals surface area contributed by atoms with E-state index in [4.69, 9.17) is 5.26 Å². The fourth-order valence-corrected chi connectivity index (χ4v) is 4.88. The number of benzene rings is 2. The van der Waals surface area contributed by atoms with E-state index in [1.54, 1.807) is 29.4 Å². The van der Waals surface area contributed by atoms with Gasteiger partial charge in [0.1, 0.15) is 16.2 Å². The van der Waals surface area contributed by atoms with Gasteiger partial charge in [-0.15, -0.1) is 23.1 Å². The first-order valence-electron chi connectivity index (χ1n) is 7.84.